The molecule has 0 saturated heterocycles. The summed E-state index contributed by atoms with van der Waals surface area (Å²) in [6.45, 7) is -4.05. The zero-order valence-electron chi connectivity index (χ0n) is 24.0. The highest BCUT2D eigenvalue weighted by atomic mass is 19.4. The molecule has 48 heavy (non-hydrogen) atoms. The number of ether oxygens (including phenoxy) is 4. The monoisotopic (exact) mass is 689 g/mol. The first-order valence-electron chi connectivity index (χ1n) is 13.7. The van der Waals surface area contributed by atoms with E-state index in [0.29, 0.717) is 11.6 Å². The van der Waals surface area contributed by atoms with Crippen LogP contribution in [-0.2, 0) is 5.60 Å². The van der Waals surface area contributed by atoms with Gasteiger partial charge in [-0.2, -0.15) is 22.0 Å². The van der Waals surface area contributed by atoms with Gasteiger partial charge in [-0.05, 0) is 55.0 Å². The highest BCUT2D eigenvalue weighted by Gasteiger charge is 2.57. The average molecular weight is 689 g/mol. The molecule has 6 rings (SSSR count). The molecule has 0 unspecified atom stereocenters. The van der Waals surface area contributed by atoms with Gasteiger partial charge in [0.25, 0.3) is 5.91 Å². The Kier molecular flexibility index (Phi) is 7.96. The number of nitrogens with one attached hydrogen (secondary N) is 1. The van der Waals surface area contributed by atoms with Gasteiger partial charge in [0.2, 0.25) is 12.0 Å². The number of aryl methyl sites for hydroxylation is 1. The Morgan fingerprint density at radius 3 is 2.50 bits per heavy atom. The lowest BCUT2D eigenvalue weighted by Crippen LogP contribution is -2.51. The van der Waals surface area contributed by atoms with Gasteiger partial charge in [0.05, 0.1) is 18.2 Å². The Morgan fingerprint density at radius 1 is 1.08 bits per heavy atom. The number of nitrogens with zero attached hydrogens (tertiary/aromatic N) is 2. The lowest BCUT2D eigenvalue weighted by Gasteiger charge is -2.31. The number of fused-ring (bicyclic) bond motifs is 3. The zero-order valence-corrected chi connectivity index (χ0v) is 24.0. The number of amides is 1. The molecule has 2 N–H and O–H groups in total. The van der Waals surface area contributed by atoms with Gasteiger partial charge < -0.3 is 29.4 Å². The quantitative estimate of drug-likeness (QED) is 0.203. The van der Waals surface area contributed by atoms with Crippen LogP contribution in [0.3, 0.4) is 0 Å². The molecule has 18 heteroatoms. The predicted molar refractivity (Wildman–Crippen MR) is 146 cm³/mol. The first-order chi connectivity index (χ1) is 22.5. The second-order valence-electron chi connectivity index (χ2n) is 10.8. The van der Waals surface area contributed by atoms with Crippen LogP contribution < -0.4 is 24.3 Å². The molecule has 4 aromatic rings. The minimum absolute atomic E-state index is 0.0674. The summed E-state index contributed by atoms with van der Waals surface area (Å²) in [5, 5.41) is 13.2. The number of benzene rings is 2. The summed E-state index contributed by atoms with van der Waals surface area (Å²) < 4.78 is 144. The molecule has 0 saturated carbocycles. The number of pyridine rings is 2. The van der Waals surface area contributed by atoms with E-state index < -0.39 is 102 Å². The molecule has 0 spiro atoms. The van der Waals surface area contributed by atoms with E-state index in [1.807, 2.05) is 5.32 Å². The first kappa shape index (κ1) is 32.9. The Hall–Kier alpha value is -5.00. The van der Waals surface area contributed by atoms with Crippen LogP contribution in [0.25, 0.3) is 22.2 Å². The number of rotatable bonds is 8. The van der Waals surface area contributed by atoms with E-state index in [2.05, 4.69) is 24.2 Å². The summed E-state index contributed by atoms with van der Waals surface area (Å²) in [6, 6.07) is 6.95. The van der Waals surface area contributed by atoms with Gasteiger partial charge in [0.15, 0.2) is 17.2 Å². The van der Waals surface area contributed by atoms with Crippen molar-refractivity contribution in [1.82, 2.24) is 15.3 Å². The van der Waals surface area contributed by atoms with Gasteiger partial charge in [-0.15, -0.1) is 8.78 Å². The minimum atomic E-state index is -5.61. The summed E-state index contributed by atoms with van der Waals surface area (Å²) in [5.74, 6) is -4.96. The number of hydrogen-bond acceptors (Lipinski definition) is 8. The summed E-state index contributed by atoms with van der Waals surface area (Å²) >= 11 is 0. The molecule has 254 valence electrons. The predicted octanol–water partition coefficient (Wildman–Crippen LogP) is 6.45. The number of aliphatic hydroxyl groups is 1. The molecule has 4 heterocycles. The van der Waals surface area contributed by atoms with Crippen molar-refractivity contribution < 1.29 is 68.4 Å². The third-order valence-corrected chi connectivity index (χ3v) is 7.55. The number of carbonyl (C=O) groups is 1. The van der Waals surface area contributed by atoms with E-state index >= 15 is 0 Å². The average Bonchev–Trinajstić information content (AvgIpc) is 3.57. The fourth-order valence-corrected chi connectivity index (χ4v) is 5.25. The second-order valence-corrected chi connectivity index (χ2v) is 10.8. The lowest BCUT2D eigenvalue weighted by molar-refractivity contribution is -0.286. The van der Waals surface area contributed by atoms with Gasteiger partial charge in [-0.1, -0.05) is 0 Å². The fraction of sp³-hybridized carbons (Fsp3) is 0.300. The maximum atomic E-state index is 14.7. The topological polar surface area (TPSA) is 112 Å². The van der Waals surface area contributed by atoms with Gasteiger partial charge in [0.1, 0.15) is 23.6 Å². The molecular formula is C30H20F9N3O6. The molecule has 0 bridgehead atoms. The van der Waals surface area contributed by atoms with Crippen LogP contribution in [0.5, 0.6) is 23.0 Å². The molecule has 0 radical (unpaired) electrons. The van der Waals surface area contributed by atoms with Crippen molar-refractivity contribution in [3.63, 3.8) is 0 Å². The Bertz CT molecular complexity index is 1920. The van der Waals surface area contributed by atoms with Crippen molar-refractivity contribution in [2.45, 2.75) is 44.0 Å². The summed E-state index contributed by atoms with van der Waals surface area (Å²) in [7, 11) is 0. The van der Waals surface area contributed by atoms with Crippen molar-refractivity contribution >= 4 is 16.8 Å². The van der Waals surface area contributed by atoms with Crippen molar-refractivity contribution in [3.05, 3.63) is 71.0 Å². The second kappa shape index (κ2) is 11.6. The van der Waals surface area contributed by atoms with Gasteiger partial charge >= 0.3 is 19.1 Å². The molecule has 2 aromatic carbocycles. The van der Waals surface area contributed by atoms with Gasteiger partial charge in [-0.25, -0.2) is 13.8 Å². The van der Waals surface area contributed by atoms with Crippen LogP contribution in [0.15, 0.2) is 48.7 Å². The van der Waals surface area contributed by atoms with E-state index in [1.165, 1.54) is 12.3 Å². The fourth-order valence-electron chi connectivity index (χ4n) is 5.25. The molecule has 2 atom stereocenters. The summed E-state index contributed by atoms with van der Waals surface area (Å²) in [4.78, 5) is 21.0. The normalized spacial score (nSPS) is 17.7. The highest BCUT2D eigenvalue weighted by Crippen LogP contribution is 2.49. The first-order valence-corrected chi connectivity index (χ1v) is 13.7. The third kappa shape index (κ3) is 5.95. The van der Waals surface area contributed by atoms with E-state index in [0.717, 1.165) is 30.3 Å². The summed E-state index contributed by atoms with van der Waals surface area (Å²) in [5.41, 5.74) is -6.48. The smallest absolute Gasteiger partial charge is 0.490 e. The van der Waals surface area contributed by atoms with Crippen LogP contribution in [0, 0.1) is 6.92 Å². The number of carbonyl (C=O) groups excluding carboxylic acids is 1. The lowest BCUT2D eigenvalue weighted by atomic mass is 9.91. The number of aromatic nitrogens is 2. The Balaban J connectivity index is 1.40. The maximum absolute atomic E-state index is 14.7. The molecule has 2 aliphatic heterocycles. The van der Waals surface area contributed by atoms with Crippen LogP contribution >= 0.6 is 0 Å². The molecule has 2 aromatic heterocycles. The maximum Gasteiger partial charge on any atom is 0.586 e. The Labute approximate surface area is 263 Å². The molecular weight excluding hydrogens is 669 g/mol. The number of alkyl halides is 9. The van der Waals surface area contributed by atoms with Crippen molar-refractivity contribution in [3.8, 4) is 34.3 Å². The highest BCUT2D eigenvalue weighted by molar-refractivity contribution is 6.00. The Morgan fingerprint density at radius 2 is 1.81 bits per heavy atom. The molecule has 2 aliphatic rings. The van der Waals surface area contributed by atoms with Gasteiger partial charge in [-0.3, -0.25) is 9.78 Å². The van der Waals surface area contributed by atoms with Crippen LogP contribution in [0.1, 0.15) is 33.1 Å². The molecule has 0 fully saturated rings. The minimum Gasteiger partial charge on any atom is -0.490 e. The number of halogens is 9. The largest absolute Gasteiger partial charge is 0.586 e. The third-order valence-electron chi connectivity index (χ3n) is 7.55. The molecule has 0 aliphatic carbocycles. The van der Waals surface area contributed by atoms with Gasteiger partial charge in [0, 0.05) is 28.3 Å². The van der Waals surface area contributed by atoms with Crippen molar-refractivity contribution in [2.24, 2.45) is 0 Å². The van der Waals surface area contributed by atoms with Crippen molar-refractivity contribution in [1.29, 1.82) is 0 Å². The SMILES string of the molecule is Cc1cnc2c(OC(F)F)cc(C(=O)NC[C@](O)(c3cc4c(c(-c5ccc6c(c5)OC(F)(F)O6)n3)OC[C@H]4C(F)F)C(F)(F)F)cc2c1. The number of hydrogen-bond donors (Lipinski definition) is 2. The molecule has 1 amide bonds. The summed E-state index contributed by atoms with van der Waals surface area (Å²) in [6.07, 6.45) is -11.5. The van der Waals surface area contributed by atoms with E-state index in [-0.39, 0.29) is 16.5 Å². The van der Waals surface area contributed by atoms with E-state index in [1.54, 1.807) is 6.92 Å². The molecule has 9 nitrogen and oxygen atoms in total. The zero-order chi connectivity index (χ0) is 34.8. The standard InChI is InChI=1S/C30H20F9N3O6/c1-12-4-14-5-15(7-20(46-27(33)34)22(14)40-9-12)26(43)41-11-28(44,29(35,36)37)21-8-16-17(25(31)32)10-45-24(16)23(42-21)13-2-3-18-19(6-13)48-30(38,39)47-18/h2-9,17,25,27,44H,10-11H2,1H3,(H,41,43)/t17-,28+/m1/s1. The van der Waals surface area contributed by atoms with Crippen molar-refractivity contribution in [2.75, 3.05) is 13.2 Å². The van der Waals surface area contributed by atoms with Crippen LogP contribution in [0.4, 0.5) is 39.5 Å². The van der Waals surface area contributed by atoms with E-state index in [9.17, 15) is 49.4 Å². The van der Waals surface area contributed by atoms with Crippen LogP contribution in [0.2, 0.25) is 0 Å². The van der Waals surface area contributed by atoms with Crippen LogP contribution in [-0.4, -0.2) is 59.6 Å². The van der Waals surface area contributed by atoms with E-state index in [4.69, 9.17) is 4.74 Å².